The highest BCUT2D eigenvalue weighted by Gasteiger charge is 2.33. The minimum Gasteiger partial charge on any atom is -0.303 e. The molecule has 1 aromatic heterocycles. The van der Waals surface area contributed by atoms with Gasteiger partial charge in [0.15, 0.2) is 0 Å². The molecule has 1 aromatic rings. The smallest absolute Gasteiger partial charge is 0.126 e. The fourth-order valence-electron chi connectivity index (χ4n) is 2.10. The first kappa shape index (κ1) is 8.88. The van der Waals surface area contributed by atoms with Gasteiger partial charge in [0, 0.05) is 16.5 Å². The summed E-state index contributed by atoms with van der Waals surface area (Å²) in [5, 5.41) is 0. The topological polar surface area (TPSA) is 30.0 Å². The van der Waals surface area contributed by atoms with Crippen molar-refractivity contribution in [2.75, 3.05) is 0 Å². The summed E-state index contributed by atoms with van der Waals surface area (Å²) in [6.07, 6.45) is 8.42. The summed E-state index contributed by atoms with van der Waals surface area (Å²) in [4.78, 5) is 12.3. The third-order valence-corrected chi connectivity index (χ3v) is 3.61. The molecule has 1 saturated carbocycles. The van der Waals surface area contributed by atoms with Crippen LogP contribution in [0, 0.1) is 5.41 Å². The Bertz CT molecular complexity index is 275. The molecule has 0 amide bonds. The Labute approximate surface area is 82.1 Å². The van der Waals surface area contributed by atoms with Crippen LogP contribution in [0.15, 0.2) is 12.3 Å². The number of rotatable bonds is 3. The SMILES string of the molecule is O=CC1(Cc2ccns2)CCCC1. The molecular formula is C10H13NOS. The van der Waals surface area contributed by atoms with Gasteiger partial charge in [-0.2, -0.15) is 0 Å². The molecule has 13 heavy (non-hydrogen) atoms. The predicted octanol–water partition coefficient (Wildman–Crippen LogP) is 2.44. The van der Waals surface area contributed by atoms with Gasteiger partial charge in [-0.05, 0) is 36.9 Å². The number of nitrogens with zero attached hydrogens (tertiary/aromatic N) is 1. The van der Waals surface area contributed by atoms with Gasteiger partial charge in [0.2, 0.25) is 0 Å². The van der Waals surface area contributed by atoms with Gasteiger partial charge in [-0.25, -0.2) is 4.37 Å². The van der Waals surface area contributed by atoms with E-state index in [1.54, 1.807) is 0 Å². The molecule has 2 nitrogen and oxygen atoms in total. The lowest BCUT2D eigenvalue weighted by atomic mass is 9.84. The highest BCUT2D eigenvalue weighted by atomic mass is 32.1. The van der Waals surface area contributed by atoms with E-state index >= 15 is 0 Å². The molecule has 0 aromatic carbocycles. The molecule has 0 aliphatic heterocycles. The Morgan fingerprint density at radius 1 is 1.54 bits per heavy atom. The summed E-state index contributed by atoms with van der Waals surface area (Å²) < 4.78 is 4.06. The van der Waals surface area contributed by atoms with E-state index in [2.05, 4.69) is 4.37 Å². The number of carbonyl (C=O) groups is 1. The fourth-order valence-corrected chi connectivity index (χ4v) is 2.83. The summed E-state index contributed by atoms with van der Waals surface area (Å²) >= 11 is 1.51. The maximum Gasteiger partial charge on any atom is 0.126 e. The third-order valence-electron chi connectivity index (χ3n) is 2.87. The molecular weight excluding hydrogens is 182 g/mol. The molecule has 70 valence electrons. The van der Waals surface area contributed by atoms with Crippen LogP contribution in [0.2, 0.25) is 0 Å². The average Bonchev–Trinajstić information content (AvgIpc) is 2.77. The average molecular weight is 195 g/mol. The van der Waals surface area contributed by atoms with Crippen LogP contribution in [0.25, 0.3) is 0 Å². The van der Waals surface area contributed by atoms with Gasteiger partial charge in [0.1, 0.15) is 6.29 Å². The standard InChI is InChI=1S/C10H13NOS/c12-8-10(4-1-2-5-10)7-9-3-6-11-13-9/h3,6,8H,1-2,4-5,7H2. The van der Waals surface area contributed by atoms with Gasteiger partial charge >= 0.3 is 0 Å². The number of aromatic nitrogens is 1. The Kier molecular flexibility index (Phi) is 2.44. The minimum atomic E-state index is -0.0491. The zero-order chi connectivity index (χ0) is 9.15. The van der Waals surface area contributed by atoms with Crippen molar-refractivity contribution in [2.45, 2.75) is 32.1 Å². The lowest BCUT2D eigenvalue weighted by Crippen LogP contribution is -2.20. The Morgan fingerprint density at radius 3 is 2.85 bits per heavy atom. The van der Waals surface area contributed by atoms with Gasteiger partial charge < -0.3 is 4.79 Å². The molecule has 3 heteroatoms. The van der Waals surface area contributed by atoms with Crippen LogP contribution < -0.4 is 0 Å². The highest BCUT2D eigenvalue weighted by Crippen LogP contribution is 2.39. The summed E-state index contributed by atoms with van der Waals surface area (Å²) in [7, 11) is 0. The highest BCUT2D eigenvalue weighted by molar-refractivity contribution is 7.05. The largest absolute Gasteiger partial charge is 0.303 e. The molecule has 1 aliphatic carbocycles. The van der Waals surface area contributed by atoms with E-state index in [1.807, 2.05) is 12.3 Å². The number of hydrogen-bond acceptors (Lipinski definition) is 3. The first-order valence-corrected chi connectivity index (χ1v) is 5.48. The summed E-state index contributed by atoms with van der Waals surface area (Å²) in [6, 6.07) is 2.02. The van der Waals surface area contributed by atoms with Crippen LogP contribution in [-0.2, 0) is 11.2 Å². The van der Waals surface area contributed by atoms with Gasteiger partial charge in [0.25, 0.3) is 0 Å². The fraction of sp³-hybridized carbons (Fsp3) is 0.600. The van der Waals surface area contributed by atoms with Crippen molar-refractivity contribution in [3.05, 3.63) is 17.1 Å². The summed E-state index contributed by atoms with van der Waals surface area (Å²) in [6.45, 7) is 0. The van der Waals surface area contributed by atoms with Crippen LogP contribution in [0.5, 0.6) is 0 Å². The number of hydrogen-bond donors (Lipinski definition) is 0. The molecule has 0 atom stereocenters. The van der Waals surface area contributed by atoms with Crippen LogP contribution >= 0.6 is 11.5 Å². The van der Waals surface area contributed by atoms with Gasteiger partial charge in [-0.15, -0.1) is 0 Å². The quantitative estimate of drug-likeness (QED) is 0.693. The van der Waals surface area contributed by atoms with Crippen molar-refractivity contribution >= 4 is 17.8 Å². The van der Waals surface area contributed by atoms with E-state index in [0.717, 1.165) is 19.3 Å². The van der Waals surface area contributed by atoms with Gasteiger partial charge in [0.05, 0.1) is 0 Å². The van der Waals surface area contributed by atoms with Crippen LogP contribution in [-0.4, -0.2) is 10.7 Å². The van der Waals surface area contributed by atoms with E-state index < -0.39 is 0 Å². The van der Waals surface area contributed by atoms with E-state index in [0.29, 0.717) is 0 Å². The lowest BCUT2D eigenvalue weighted by molar-refractivity contribution is -0.115. The van der Waals surface area contributed by atoms with Crippen molar-refractivity contribution in [3.8, 4) is 0 Å². The lowest BCUT2D eigenvalue weighted by Gasteiger charge is -2.19. The molecule has 0 radical (unpaired) electrons. The maximum absolute atomic E-state index is 11.0. The molecule has 0 saturated heterocycles. The van der Waals surface area contributed by atoms with Crippen LogP contribution in [0.1, 0.15) is 30.6 Å². The Morgan fingerprint density at radius 2 is 2.31 bits per heavy atom. The van der Waals surface area contributed by atoms with E-state index in [4.69, 9.17) is 0 Å². The molecule has 1 fully saturated rings. The van der Waals surface area contributed by atoms with Crippen LogP contribution in [0.3, 0.4) is 0 Å². The molecule has 1 aliphatic rings. The monoisotopic (exact) mass is 195 g/mol. The summed E-state index contributed by atoms with van der Waals surface area (Å²) in [5.41, 5.74) is -0.0491. The Balaban J connectivity index is 2.10. The zero-order valence-corrected chi connectivity index (χ0v) is 8.35. The second-order valence-electron chi connectivity index (χ2n) is 3.84. The summed E-state index contributed by atoms with van der Waals surface area (Å²) in [5.74, 6) is 0. The van der Waals surface area contributed by atoms with Crippen LogP contribution in [0.4, 0.5) is 0 Å². The van der Waals surface area contributed by atoms with E-state index in [1.165, 1.54) is 35.5 Å². The predicted molar refractivity (Wildman–Crippen MR) is 52.8 cm³/mol. The van der Waals surface area contributed by atoms with Gasteiger partial charge in [-0.1, -0.05) is 12.8 Å². The molecule has 0 bridgehead atoms. The van der Waals surface area contributed by atoms with Crippen molar-refractivity contribution in [2.24, 2.45) is 5.41 Å². The first-order valence-electron chi connectivity index (χ1n) is 4.71. The molecule has 0 unspecified atom stereocenters. The normalized spacial score (nSPS) is 20.3. The molecule has 2 rings (SSSR count). The maximum atomic E-state index is 11.0. The second-order valence-corrected chi connectivity index (χ2v) is 4.76. The number of carbonyl (C=O) groups excluding carboxylic acids is 1. The molecule has 1 heterocycles. The van der Waals surface area contributed by atoms with Crippen molar-refractivity contribution in [1.82, 2.24) is 4.37 Å². The molecule has 0 spiro atoms. The minimum absolute atomic E-state index is 0.0491. The van der Waals surface area contributed by atoms with E-state index in [-0.39, 0.29) is 5.41 Å². The second kappa shape index (κ2) is 3.58. The van der Waals surface area contributed by atoms with Crippen molar-refractivity contribution < 1.29 is 4.79 Å². The Hall–Kier alpha value is -0.700. The first-order chi connectivity index (χ1) is 6.35. The molecule has 0 N–H and O–H groups in total. The van der Waals surface area contributed by atoms with Crippen molar-refractivity contribution in [1.29, 1.82) is 0 Å². The van der Waals surface area contributed by atoms with Gasteiger partial charge in [-0.3, -0.25) is 0 Å². The third kappa shape index (κ3) is 1.80. The van der Waals surface area contributed by atoms with Crippen molar-refractivity contribution in [3.63, 3.8) is 0 Å². The van der Waals surface area contributed by atoms with E-state index in [9.17, 15) is 4.79 Å². The number of aldehydes is 1. The zero-order valence-electron chi connectivity index (χ0n) is 7.53.